The van der Waals surface area contributed by atoms with Crippen LogP contribution in [0.15, 0.2) is 11.1 Å². The van der Waals surface area contributed by atoms with E-state index in [9.17, 15) is 9.36 Å². The molecule has 0 atom stereocenters. The van der Waals surface area contributed by atoms with E-state index in [2.05, 4.69) is 15.0 Å². The Morgan fingerprint density at radius 3 is 2.95 bits per heavy atom. The lowest BCUT2D eigenvalue weighted by atomic mass is 10.1. The third-order valence-electron chi connectivity index (χ3n) is 3.22. The summed E-state index contributed by atoms with van der Waals surface area (Å²) in [7, 11) is -3.85. The van der Waals surface area contributed by atoms with Crippen LogP contribution in [0.2, 0.25) is 0 Å². The van der Waals surface area contributed by atoms with Gasteiger partial charge in [-0.05, 0) is 6.42 Å². The molecule has 2 aromatic rings. The molecule has 1 aliphatic rings. The number of nitrogen functional groups attached to an aromatic ring is 1. The molecule has 3 heterocycles. The van der Waals surface area contributed by atoms with E-state index >= 15 is 0 Å². The number of nitrogens with one attached hydrogen (secondary N) is 1. The zero-order valence-corrected chi connectivity index (χ0v) is 11.8. The first kappa shape index (κ1) is 14.2. The molecular weight excluding hydrogens is 301 g/mol. The molecule has 0 unspecified atom stereocenters. The van der Waals surface area contributed by atoms with E-state index in [1.807, 2.05) is 0 Å². The smallest absolute Gasteiger partial charge is 0.369 e. The molecule has 1 fully saturated rings. The number of H-pyrrole nitrogens is 1. The minimum absolute atomic E-state index is 0.0176. The predicted molar refractivity (Wildman–Crippen MR) is 72.4 cm³/mol. The third kappa shape index (κ3) is 2.98. The third-order valence-corrected chi connectivity index (χ3v) is 4.17. The molecule has 11 heteroatoms. The maximum Gasteiger partial charge on any atom is 0.472 e. The highest BCUT2D eigenvalue weighted by atomic mass is 31.2. The van der Waals surface area contributed by atoms with Crippen molar-refractivity contribution < 1.29 is 18.5 Å². The molecule has 114 valence electrons. The minimum Gasteiger partial charge on any atom is -0.369 e. The quantitative estimate of drug-likeness (QED) is 0.663. The number of aromatic amines is 1. The first-order valence-electron chi connectivity index (χ1n) is 6.27. The summed E-state index contributed by atoms with van der Waals surface area (Å²) >= 11 is 0. The van der Waals surface area contributed by atoms with Gasteiger partial charge in [-0.2, -0.15) is 4.98 Å². The Bertz CT molecular complexity index is 759. The van der Waals surface area contributed by atoms with Gasteiger partial charge in [-0.25, -0.2) is 9.55 Å². The van der Waals surface area contributed by atoms with E-state index in [0.717, 1.165) is 0 Å². The van der Waals surface area contributed by atoms with Gasteiger partial charge in [-0.3, -0.25) is 18.8 Å². The van der Waals surface area contributed by atoms with Gasteiger partial charge >= 0.3 is 7.82 Å². The van der Waals surface area contributed by atoms with E-state index in [-0.39, 0.29) is 36.2 Å². The molecule has 0 radical (unpaired) electrons. The highest BCUT2D eigenvalue weighted by Crippen LogP contribution is 2.47. The molecule has 0 spiro atoms. The van der Waals surface area contributed by atoms with E-state index in [0.29, 0.717) is 18.6 Å². The number of nitrogens with zero attached hydrogens (tertiary/aromatic N) is 3. The molecule has 3 rings (SSSR count). The van der Waals surface area contributed by atoms with Crippen molar-refractivity contribution in [3.63, 3.8) is 0 Å². The van der Waals surface area contributed by atoms with Gasteiger partial charge in [0.15, 0.2) is 11.2 Å². The molecule has 1 saturated heterocycles. The Morgan fingerprint density at radius 2 is 2.24 bits per heavy atom. The Balaban J connectivity index is 1.72. The summed E-state index contributed by atoms with van der Waals surface area (Å²) in [6.45, 7) is 0.812. The van der Waals surface area contributed by atoms with Crippen molar-refractivity contribution in [2.75, 3.05) is 18.9 Å². The SMILES string of the molecule is Nc1nc2c(ncn2CCC2COP(=O)(O)OC2)c(=O)[nH]1. The lowest BCUT2D eigenvalue weighted by Crippen LogP contribution is -2.22. The van der Waals surface area contributed by atoms with Crippen molar-refractivity contribution >= 4 is 24.9 Å². The average Bonchev–Trinajstić information content (AvgIpc) is 2.81. The Hall–Kier alpha value is -1.74. The fourth-order valence-corrected chi connectivity index (χ4v) is 2.98. The maximum atomic E-state index is 11.6. The first-order chi connectivity index (χ1) is 9.94. The van der Waals surface area contributed by atoms with E-state index < -0.39 is 7.82 Å². The van der Waals surface area contributed by atoms with Crippen LogP contribution in [0, 0.1) is 5.92 Å². The lowest BCUT2D eigenvalue weighted by Gasteiger charge is -2.25. The van der Waals surface area contributed by atoms with Crippen molar-refractivity contribution in [2.45, 2.75) is 13.0 Å². The molecule has 0 bridgehead atoms. The molecule has 1 aliphatic heterocycles. The number of anilines is 1. The van der Waals surface area contributed by atoms with Crippen molar-refractivity contribution in [1.82, 2.24) is 19.5 Å². The number of phosphoric acid groups is 1. The van der Waals surface area contributed by atoms with Gasteiger partial charge < -0.3 is 15.2 Å². The normalized spacial score (nSPS) is 26.2. The standard InChI is InChI=1S/C10H14N5O5P/c11-10-13-8-7(9(16)14-10)12-5-15(8)2-1-6-3-19-21(17,18)20-4-6/h5-6H,1-4H2,(H,17,18)(H3,11,13,14,16). The van der Waals surface area contributed by atoms with Crippen LogP contribution in [-0.2, 0) is 20.2 Å². The van der Waals surface area contributed by atoms with Crippen LogP contribution >= 0.6 is 7.82 Å². The number of aryl methyl sites for hydroxylation is 1. The molecule has 0 aliphatic carbocycles. The minimum atomic E-state index is -3.85. The summed E-state index contributed by atoms with van der Waals surface area (Å²) in [6.07, 6.45) is 2.13. The largest absolute Gasteiger partial charge is 0.472 e. The monoisotopic (exact) mass is 315 g/mol. The fraction of sp³-hybridized carbons (Fsp3) is 0.500. The molecule has 4 N–H and O–H groups in total. The number of rotatable bonds is 3. The number of nitrogens with two attached hydrogens (primary N) is 1. The second-order valence-electron chi connectivity index (χ2n) is 4.78. The van der Waals surface area contributed by atoms with E-state index in [1.54, 1.807) is 4.57 Å². The second-order valence-corrected chi connectivity index (χ2v) is 6.23. The highest BCUT2D eigenvalue weighted by molar-refractivity contribution is 7.47. The Morgan fingerprint density at radius 1 is 1.52 bits per heavy atom. The Labute approximate surface area is 118 Å². The van der Waals surface area contributed by atoms with Gasteiger partial charge in [0.05, 0.1) is 19.5 Å². The number of fused-ring (bicyclic) bond motifs is 1. The summed E-state index contributed by atoms with van der Waals surface area (Å²) < 4.78 is 22.3. The van der Waals surface area contributed by atoms with Crippen LogP contribution in [0.4, 0.5) is 5.95 Å². The summed E-state index contributed by atoms with van der Waals surface area (Å²) in [5.41, 5.74) is 5.75. The first-order valence-corrected chi connectivity index (χ1v) is 7.77. The zero-order chi connectivity index (χ0) is 15.0. The van der Waals surface area contributed by atoms with Gasteiger partial charge in [0.2, 0.25) is 5.95 Å². The van der Waals surface area contributed by atoms with Crippen molar-refractivity contribution in [3.05, 3.63) is 16.7 Å². The maximum absolute atomic E-state index is 11.6. The zero-order valence-electron chi connectivity index (χ0n) is 10.9. The molecular formula is C10H14N5O5P. The van der Waals surface area contributed by atoms with Crippen molar-refractivity contribution in [1.29, 1.82) is 0 Å². The summed E-state index contributed by atoms with van der Waals surface area (Å²) in [5.74, 6) is 0.0100. The van der Waals surface area contributed by atoms with Crippen LogP contribution in [0.5, 0.6) is 0 Å². The summed E-state index contributed by atoms with van der Waals surface area (Å²) in [5, 5.41) is 0. The fourth-order valence-electron chi connectivity index (χ4n) is 2.11. The number of aromatic nitrogens is 4. The van der Waals surface area contributed by atoms with Crippen LogP contribution in [0.3, 0.4) is 0 Å². The molecule has 0 aromatic carbocycles. The predicted octanol–water partition coefficient (Wildman–Crippen LogP) is -0.145. The van der Waals surface area contributed by atoms with Gasteiger partial charge in [-0.15, -0.1) is 0 Å². The molecule has 0 saturated carbocycles. The van der Waals surface area contributed by atoms with Gasteiger partial charge in [0.1, 0.15) is 0 Å². The highest BCUT2D eigenvalue weighted by Gasteiger charge is 2.30. The number of imidazole rings is 1. The van der Waals surface area contributed by atoms with Crippen LogP contribution in [-0.4, -0.2) is 37.6 Å². The second kappa shape index (κ2) is 5.23. The van der Waals surface area contributed by atoms with Gasteiger partial charge in [0, 0.05) is 12.5 Å². The number of hydrogen-bond acceptors (Lipinski definition) is 7. The average molecular weight is 315 g/mol. The van der Waals surface area contributed by atoms with Gasteiger partial charge in [-0.1, -0.05) is 0 Å². The van der Waals surface area contributed by atoms with E-state index in [1.165, 1.54) is 6.33 Å². The number of phosphoric ester groups is 1. The summed E-state index contributed by atoms with van der Waals surface area (Å²) in [6, 6.07) is 0. The van der Waals surface area contributed by atoms with Crippen LogP contribution in [0.1, 0.15) is 6.42 Å². The van der Waals surface area contributed by atoms with Crippen LogP contribution in [0.25, 0.3) is 11.2 Å². The van der Waals surface area contributed by atoms with Crippen LogP contribution < -0.4 is 11.3 Å². The lowest BCUT2D eigenvalue weighted by molar-refractivity contribution is 0.0534. The molecule has 0 amide bonds. The Kier molecular flexibility index (Phi) is 3.54. The topological polar surface area (TPSA) is 145 Å². The number of hydrogen-bond donors (Lipinski definition) is 3. The van der Waals surface area contributed by atoms with Crippen molar-refractivity contribution in [3.8, 4) is 0 Å². The van der Waals surface area contributed by atoms with E-state index in [4.69, 9.17) is 19.7 Å². The molecule has 10 nitrogen and oxygen atoms in total. The molecule has 21 heavy (non-hydrogen) atoms. The van der Waals surface area contributed by atoms with Crippen molar-refractivity contribution in [2.24, 2.45) is 5.92 Å². The summed E-state index contributed by atoms with van der Waals surface area (Å²) in [4.78, 5) is 31.2. The molecule has 2 aromatic heterocycles. The van der Waals surface area contributed by atoms with Gasteiger partial charge in [0.25, 0.3) is 5.56 Å².